The van der Waals surface area contributed by atoms with Crippen LogP contribution >= 0.6 is 0 Å². The first-order valence-corrected chi connectivity index (χ1v) is 9.01. The summed E-state index contributed by atoms with van der Waals surface area (Å²) in [7, 11) is 1.61. The average molecular weight is 375 g/mol. The molecule has 0 bridgehead atoms. The van der Waals surface area contributed by atoms with Crippen LogP contribution in [0.25, 0.3) is 16.8 Å². The summed E-state index contributed by atoms with van der Waals surface area (Å²) >= 11 is 0. The number of benzene rings is 2. The minimum Gasteiger partial charge on any atom is -0.496 e. The molecule has 7 heteroatoms. The molecule has 0 saturated heterocycles. The molecule has 0 fully saturated rings. The third kappa shape index (κ3) is 3.00. The number of ether oxygens (including phenoxy) is 1. The highest BCUT2D eigenvalue weighted by Gasteiger charge is 2.18. The van der Waals surface area contributed by atoms with Crippen molar-refractivity contribution in [2.75, 3.05) is 7.11 Å². The molecule has 2 aromatic heterocycles. The number of aromatic amines is 1. The van der Waals surface area contributed by atoms with Crippen molar-refractivity contribution in [3.8, 4) is 22.6 Å². The Balaban J connectivity index is 1.78. The van der Waals surface area contributed by atoms with Crippen LogP contribution < -0.4 is 10.4 Å². The smallest absolute Gasteiger partial charge is 0.351 e. The maximum atomic E-state index is 13.1. The highest BCUT2D eigenvalue weighted by atomic mass is 16.5. The molecule has 0 radical (unpaired) electrons. The van der Waals surface area contributed by atoms with Gasteiger partial charge in [-0.15, -0.1) is 0 Å². The van der Waals surface area contributed by atoms with Gasteiger partial charge in [0.25, 0.3) is 0 Å². The van der Waals surface area contributed by atoms with Gasteiger partial charge in [0.2, 0.25) is 0 Å². The van der Waals surface area contributed by atoms with E-state index < -0.39 is 0 Å². The number of rotatable bonds is 5. The molecule has 0 aliphatic carbocycles. The van der Waals surface area contributed by atoms with Gasteiger partial charge < -0.3 is 4.74 Å². The van der Waals surface area contributed by atoms with Crippen LogP contribution in [0.2, 0.25) is 0 Å². The van der Waals surface area contributed by atoms with Gasteiger partial charge in [-0.1, -0.05) is 30.3 Å². The monoisotopic (exact) mass is 375 g/mol. The van der Waals surface area contributed by atoms with Crippen LogP contribution in [0.1, 0.15) is 24.4 Å². The summed E-state index contributed by atoms with van der Waals surface area (Å²) in [6, 6.07) is 15.3. The van der Waals surface area contributed by atoms with E-state index in [-0.39, 0.29) is 11.7 Å². The summed E-state index contributed by atoms with van der Waals surface area (Å²) in [4.78, 5) is 13.1. The zero-order valence-corrected chi connectivity index (χ0v) is 16.0. The van der Waals surface area contributed by atoms with Crippen molar-refractivity contribution in [1.82, 2.24) is 24.5 Å². The van der Waals surface area contributed by atoms with E-state index in [1.54, 1.807) is 24.1 Å². The summed E-state index contributed by atoms with van der Waals surface area (Å²) in [6.45, 7) is 3.79. The lowest BCUT2D eigenvalue weighted by molar-refractivity contribution is 0.416. The Labute approximate surface area is 162 Å². The van der Waals surface area contributed by atoms with E-state index >= 15 is 0 Å². The molecule has 0 amide bonds. The van der Waals surface area contributed by atoms with Crippen LogP contribution in [0.3, 0.4) is 0 Å². The second-order valence-electron chi connectivity index (χ2n) is 6.57. The molecule has 142 valence electrons. The van der Waals surface area contributed by atoms with Gasteiger partial charge in [0.15, 0.2) is 0 Å². The third-order valence-corrected chi connectivity index (χ3v) is 4.86. The molecule has 0 saturated carbocycles. The Kier molecular flexibility index (Phi) is 4.57. The van der Waals surface area contributed by atoms with E-state index in [9.17, 15) is 4.79 Å². The quantitative estimate of drug-likeness (QED) is 0.580. The molecular weight excluding hydrogens is 354 g/mol. The molecule has 0 aliphatic heterocycles. The SMILES string of the molecule is COc1cc(-n2c(C)nn(C(C)c3ccccc3)c2=O)ccc1-c1cn[nH]c1. The number of methoxy groups -OCH3 is 1. The Bertz CT molecular complexity index is 1140. The number of nitrogens with one attached hydrogen (secondary N) is 1. The van der Waals surface area contributed by atoms with Crippen molar-refractivity contribution in [2.24, 2.45) is 0 Å². The highest BCUT2D eigenvalue weighted by molar-refractivity contribution is 5.71. The fraction of sp³-hybridized carbons (Fsp3) is 0.190. The first-order valence-electron chi connectivity index (χ1n) is 9.01. The lowest BCUT2D eigenvalue weighted by Gasteiger charge is -2.11. The van der Waals surface area contributed by atoms with Crippen molar-refractivity contribution in [2.45, 2.75) is 19.9 Å². The Morgan fingerprint density at radius 2 is 1.93 bits per heavy atom. The standard InChI is InChI=1S/C21H21N5O2/c1-14(16-7-5-4-6-8-16)26-21(27)25(15(2)24-26)18-9-10-19(20(11-18)28-3)17-12-22-23-13-17/h4-14H,1-3H3,(H,22,23). The lowest BCUT2D eigenvalue weighted by Crippen LogP contribution is -2.27. The number of aromatic nitrogens is 5. The summed E-state index contributed by atoms with van der Waals surface area (Å²) in [5.41, 5.74) is 3.36. The van der Waals surface area contributed by atoms with Crippen LogP contribution in [0, 0.1) is 6.92 Å². The molecule has 7 nitrogen and oxygen atoms in total. The first-order chi connectivity index (χ1) is 13.6. The van der Waals surface area contributed by atoms with Gasteiger partial charge in [-0.2, -0.15) is 10.2 Å². The van der Waals surface area contributed by atoms with Crippen molar-refractivity contribution < 1.29 is 4.74 Å². The molecule has 1 atom stereocenters. The maximum Gasteiger partial charge on any atom is 0.351 e. The Morgan fingerprint density at radius 1 is 1.14 bits per heavy atom. The highest BCUT2D eigenvalue weighted by Crippen LogP contribution is 2.31. The molecule has 28 heavy (non-hydrogen) atoms. The van der Waals surface area contributed by atoms with Gasteiger partial charge >= 0.3 is 5.69 Å². The topological polar surface area (TPSA) is 77.7 Å². The summed E-state index contributed by atoms with van der Waals surface area (Å²) in [5, 5.41) is 11.3. The predicted molar refractivity (Wildman–Crippen MR) is 107 cm³/mol. The number of hydrogen-bond donors (Lipinski definition) is 1. The van der Waals surface area contributed by atoms with Gasteiger partial charge in [-0.25, -0.2) is 14.0 Å². The van der Waals surface area contributed by atoms with Crippen molar-refractivity contribution in [3.63, 3.8) is 0 Å². The van der Waals surface area contributed by atoms with Crippen LogP contribution in [0.15, 0.2) is 65.7 Å². The fourth-order valence-electron chi connectivity index (χ4n) is 3.36. The summed E-state index contributed by atoms with van der Waals surface area (Å²) in [6.07, 6.45) is 3.53. The maximum absolute atomic E-state index is 13.1. The van der Waals surface area contributed by atoms with Gasteiger partial charge in [-0.3, -0.25) is 5.10 Å². The molecular formula is C21H21N5O2. The first kappa shape index (κ1) is 17.8. The van der Waals surface area contributed by atoms with Crippen molar-refractivity contribution >= 4 is 0 Å². The van der Waals surface area contributed by atoms with Crippen molar-refractivity contribution in [3.05, 3.63) is 82.8 Å². The number of H-pyrrole nitrogens is 1. The average Bonchev–Trinajstić information content (AvgIpc) is 3.36. The molecule has 2 heterocycles. The van der Waals surface area contributed by atoms with E-state index in [4.69, 9.17) is 4.74 Å². The van der Waals surface area contributed by atoms with Crippen molar-refractivity contribution in [1.29, 1.82) is 0 Å². The number of aryl methyl sites for hydroxylation is 1. The van der Waals surface area contributed by atoms with Gasteiger partial charge in [-0.05, 0) is 31.5 Å². The third-order valence-electron chi connectivity index (χ3n) is 4.86. The summed E-state index contributed by atoms with van der Waals surface area (Å²) < 4.78 is 8.66. The van der Waals surface area contributed by atoms with E-state index in [0.717, 1.165) is 16.7 Å². The largest absolute Gasteiger partial charge is 0.496 e. The zero-order valence-electron chi connectivity index (χ0n) is 16.0. The second-order valence-corrected chi connectivity index (χ2v) is 6.57. The minimum absolute atomic E-state index is 0.166. The van der Waals surface area contributed by atoms with Gasteiger partial charge in [0.05, 0.1) is 25.0 Å². The van der Waals surface area contributed by atoms with Crippen LogP contribution in [-0.4, -0.2) is 31.7 Å². The van der Waals surface area contributed by atoms with Crippen LogP contribution in [0.5, 0.6) is 5.75 Å². The zero-order chi connectivity index (χ0) is 19.7. The van der Waals surface area contributed by atoms with Gasteiger partial charge in [0, 0.05) is 23.4 Å². The van der Waals surface area contributed by atoms with E-state index in [1.165, 1.54) is 4.68 Å². The van der Waals surface area contributed by atoms with Crippen LogP contribution in [-0.2, 0) is 0 Å². The molecule has 1 N–H and O–H groups in total. The van der Waals surface area contributed by atoms with E-state index in [2.05, 4.69) is 15.3 Å². The Morgan fingerprint density at radius 3 is 2.61 bits per heavy atom. The number of nitrogens with zero attached hydrogens (tertiary/aromatic N) is 4. The van der Waals surface area contributed by atoms with Crippen LogP contribution in [0.4, 0.5) is 0 Å². The summed E-state index contributed by atoms with van der Waals surface area (Å²) in [5.74, 6) is 1.28. The minimum atomic E-state index is -0.188. The Hall–Kier alpha value is -3.61. The lowest BCUT2D eigenvalue weighted by atomic mass is 10.1. The predicted octanol–water partition coefficient (Wildman–Crippen LogP) is 3.35. The molecule has 1 unspecified atom stereocenters. The number of hydrogen-bond acceptors (Lipinski definition) is 4. The normalized spacial score (nSPS) is 12.1. The molecule has 2 aromatic carbocycles. The second kappa shape index (κ2) is 7.19. The van der Waals surface area contributed by atoms with Gasteiger partial charge in [0.1, 0.15) is 11.6 Å². The fourth-order valence-corrected chi connectivity index (χ4v) is 3.36. The molecule has 0 spiro atoms. The molecule has 4 rings (SSSR count). The molecule has 4 aromatic rings. The van der Waals surface area contributed by atoms with E-state index in [1.807, 2.05) is 62.4 Å². The molecule has 0 aliphatic rings. The van der Waals surface area contributed by atoms with E-state index in [0.29, 0.717) is 17.3 Å².